The molecule has 19 heteroatoms. The maximum Gasteiger partial charge on any atom is 0.472 e. The predicted molar refractivity (Wildman–Crippen MR) is 418 cm³/mol. The Morgan fingerprint density at radius 1 is 0.284 bits per heavy atom. The van der Waals surface area contributed by atoms with Gasteiger partial charge in [0.05, 0.1) is 26.4 Å². The number of esters is 4. The molecule has 0 radical (unpaired) electrons. The molecule has 102 heavy (non-hydrogen) atoms. The maximum atomic E-state index is 13.1. The quantitative estimate of drug-likeness (QED) is 0.0222. The zero-order valence-corrected chi connectivity index (χ0v) is 68.7. The van der Waals surface area contributed by atoms with E-state index in [-0.39, 0.29) is 25.7 Å². The number of carbonyl (C=O) groups excluding carboxylic acids is 4. The van der Waals surface area contributed by atoms with Crippen LogP contribution in [0.15, 0.2) is 0 Å². The van der Waals surface area contributed by atoms with E-state index in [0.29, 0.717) is 25.7 Å². The second-order valence-electron chi connectivity index (χ2n) is 30.6. The fourth-order valence-corrected chi connectivity index (χ4v) is 14.4. The first-order chi connectivity index (χ1) is 49.4. The first-order valence-electron chi connectivity index (χ1n) is 43.0. The van der Waals surface area contributed by atoms with E-state index in [0.717, 1.165) is 102 Å². The highest BCUT2D eigenvalue weighted by molar-refractivity contribution is 7.47. The first-order valence-corrected chi connectivity index (χ1v) is 46.0. The van der Waals surface area contributed by atoms with E-state index >= 15 is 0 Å². The molecule has 0 aliphatic rings. The summed E-state index contributed by atoms with van der Waals surface area (Å²) in [5.74, 6) is -0.506. The molecule has 17 nitrogen and oxygen atoms in total. The van der Waals surface area contributed by atoms with Gasteiger partial charge in [0.1, 0.15) is 19.3 Å². The Kier molecular flexibility index (Phi) is 73.1. The van der Waals surface area contributed by atoms with E-state index in [1.54, 1.807) is 0 Å². The third-order valence-electron chi connectivity index (χ3n) is 19.8. The van der Waals surface area contributed by atoms with Crippen molar-refractivity contribution in [2.24, 2.45) is 11.8 Å². The van der Waals surface area contributed by atoms with Crippen molar-refractivity contribution in [2.45, 2.75) is 458 Å². The van der Waals surface area contributed by atoms with E-state index in [4.69, 9.17) is 37.0 Å². The summed E-state index contributed by atoms with van der Waals surface area (Å²) < 4.78 is 68.8. The van der Waals surface area contributed by atoms with Crippen molar-refractivity contribution in [3.05, 3.63) is 0 Å². The summed E-state index contributed by atoms with van der Waals surface area (Å²) in [6, 6.07) is 0. The first kappa shape index (κ1) is 100. The Bertz CT molecular complexity index is 1960. The van der Waals surface area contributed by atoms with Crippen LogP contribution in [0.2, 0.25) is 0 Å². The molecule has 0 bridgehead atoms. The minimum absolute atomic E-state index is 0.107. The fourth-order valence-electron chi connectivity index (χ4n) is 12.9. The van der Waals surface area contributed by atoms with Crippen LogP contribution in [0.4, 0.5) is 0 Å². The summed E-state index contributed by atoms with van der Waals surface area (Å²) in [5, 5.41) is 10.7. The van der Waals surface area contributed by atoms with E-state index < -0.39 is 97.5 Å². The molecule has 0 saturated carbocycles. The second-order valence-corrected chi connectivity index (χ2v) is 33.5. The van der Waals surface area contributed by atoms with Crippen molar-refractivity contribution in [1.82, 2.24) is 0 Å². The number of ether oxygens (including phenoxy) is 4. The summed E-state index contributed by atoms with van der Waals surface area (Å²) >= 11 is 0. The highest BCUT2D eigenvalue weighted by Gasteiger charge is 2.30. The van der Waals surface area contributed by atoms with Crippen LogP contribution in [0.5, 0.6) is 0 Å². The summed E-state index contributed by atoms with van der Waals surface area (Å²) in [6.07, 6.45) is 65.1. The van der Waals surface area contributed by atoms with Crippen LogP contribution < -0.4 is 0 Å². The van der Waals surface area contributed by atoms with Gasteiger partial charge in [-0.2, -0.15) is 0 Å². The Morgan fingerprint density at radius 3 is 0.745 bits per heavy atom. The second kappa shape index (κ2) is 74.5. The zero-order valence-electron chi connectivity index (χ0n) is 66.9. The monoisotopic (exact) mass is 1490 g/mol. The number of aliphatic hydroxyl groups is 1. The van der Waals surface area contributed by atoms with Crippen LogP contribution in [-0.2, 0) is 65.4 Å². The number of unbranched alkanes of at least 4 members (excludes halogenated alkanes) is 51. The molecule has 0 aromatic heterocycles. The lowest BCUT2D eigenvalue weighted by Crippen LogP contribution is -2.30. The molecule has 6 atom stereocenters. The average Bonchev–Trinajstić information content (AvgIpc) is 0.938. The predicted octanol–water partition coefficient (Wildman–Crippen LogP) is 25.1. The van der Waals surface area contributed by atoms with Gasteiger partial charge in [-0.3, -0.25) is 37.3 Å². The number of rotatable bonds is 82. The number of aliphatic hydroxyl groups excluding tert-OH is 1. The highest BCUT2D eigenvalue weighted by Crippen LogP contribution is 2.45. The Hall–Kier alpha value is -1.94. The lowest BCUT2D eigenvalue weighted by atomic mass is 9.99. The lowest BCUT2D eigenvalue weighted by Gasteiger charge is -2.21. The molecular formula is C83H162O17P2. The number of carbonyl (C=O) groups is 4. The van der Waals surface area contributed by atoms with E-state index in [9.17, 15) is 43.2 Å². The van der Waals surface area contributed by atoms with Gasteiger partial charge in [-0.15, -0.1) is 0 Å². The molecule has 0 rings (SSSR count). The Labute approximate surface area is 626 Å². The van der Waals surface area contributed by atoms with Crippen molar-refractivity contribution < 1.29 is 80.2 Å². The van der Waals surface area contributed by atoms with Crippen LogP contribution in [-0.4, -0.2) is 96.7 Å². The number of phosphoric acid groups is 2. The van der Waals surface area contributed by atoms with Gasteiger partial charge >= 0.3 is 39.5 Å². The van der Waals surface area contributed by atoms with Gasteiger partial charge in [0, 0.05) is 25.7 Å². The average molecular weight is 1490 g/mol. The van der Waals surface area contributed by atoms with Gasteiger partial charge in [0.15, 0.2) is 12.2 Å². The third-order valence-corrected chi connectivity index (χ3v) is 21.7. The van der Waals surface area contributed by atoms with Crippen molar-refractivity contribution >= 4 is 39.5 Å². The molecule has 0 heterocycles. The van der Waals surface area contributed by atoms with E-state index in [1.807, 2.05) is 0 Å². The Balaban J connectivity index is 5.24. The smallest absolute Gasteiger partial charge is 0.462 e. The molecule has 0 saturated heterocycles. The van der Waals surface area contributed by atoms with Crippen molar-refractivity contribution in [3.63, 3.8) is 0 Å². The number of hydrogen-bond acceptors (Lipinski definition) is 15. The van der Waals surface area contributed by atoms with Gasteiger partial charge in [-0.05, 0) is 37.5 Å². The molecule has 0 aliphatic carbocycles. The summed E-state index contributed by atoms with van der Waals surface area (Å²) in [7, 11) is -9.92. The van der Waals surface area contributed by atoms with Gasteiger partial charge in [-0.1, -0.05) is 388 Å². The molecule has 0 spiro atoms. The number of hydrogen-bond donors (Lipinski definition) is 3. The van der Waals surface area contributed by atoms with Gasteiger partial charge < -0.3 is 33.8 Å². The van der Waals surface area contributed by atoms with Crippen LogP contribution in [0.3, 0.4) is 0 Å². The molecule has 0 amide bonds. The maximum absolute atomic E-state index is 13.1. The van der Waals surface area contributed by atoms with E-state index in [2.05, 4.69) is 41.5 Å². The van der Waals surface area contributed by atoms with Crippen molar-refractivity contribution in [3.8, 4) is 0 Å². The fraction of sp³-hybridized carbons (Fsp3) is 0.952. The van der Waals surface area contributed by atoms with Crippen LogP contribution in [0.1, 0.15) is 440 Å². The van der Waals surface area contributed by atoms with Crippen molar-refractivity contribution in [2.75, 3.05) is 39.6 Å². The molecule has 0 aromatic carbocycles. The topological polar surface area (TPSA) is 237 Å². The van der Waals surface area contributed by atoms with Gasteiger partial charge in [0.25, 0.3) is 0 Å². The zero-order chi connectivity index (χ0) is 74.9. The molecule has 606 valence electrons. The highest BCUT2D eigenvalue weighted by atomic mass is 31.2. The molecular weight excluding hydrogens is 1330 g/mol. The molecule has 3 unspecified atom stereocenters. The molecule has 0 fully saturated rings. The van der Waals surface area contributed by atoms with Crippen LogP contribution >= 0.6 is 15.6 Å². The van der Waals surface area contributed by atoms with Crippen LogP contribution in [0, 0.1) is 11.8 Å². The normalized spacial score (nSPS) is 14.1. The molecule has 3 N–H and O–H groups in total. The lowest BCUT2D eigenvalue weighted by molar-refractivity contribution is -0.161. The molecule has 0 aromatic rings. The third kappa shape index (κ3) is 74.9. The minimum atomic E-state index is -4.96. The van der Waals surface area contributed by atoms with E-state index in [1.165, 1.54) is 257 Å². The largest absolute Gasteiger partial charge is 0.472 e. The standard InChI is InChI=1S/C83H162O17P2/c1-7-10-12-14-16-18-20-22-23-29-33-36-40-47-53-59-65-80(85)93-71-78(99-83(88)68-62-56-50-42-38-34-30-27-25-24-26-28-32-35-39-45-51-57-63-75(4)5)73-97-101(89,90)95-69-77(84)70-96-102(91,92)98-74-79(72-94-81(86)66-60-54-48-44-43-46-52-58-64-76(6)9-3)100-82(87)67-61-55-49-41-37-31-21-19-17-15-13-11-8-2/h75-79,84H,7-74H2,1-6H3,(H,89,90)(H,91,92)/t76?,77-,78-,79-/m1/s1. The van der Waals surface area contributed by atoms with Gasteiger partial charge in [-0.25, -0.2) is 9.13 Å². The number of phosphoric ester groups is 2. The van der Waals surface area contributed by atoms with Crippen LogP contribution in [0.25, 0.3) is 0 Å². The van der Waals surface area contributed by atoms with Gasteiger partial charge in [0.2, 0.25) is 0 Å². The SMILES string of the molecule is CCCCCCCCCCCCCCCCCCC(=O)OC[C@H](COP(=O)(O)OC[C@@H](O)COP(=O)(O)OC[C@@H](COC(=O)CCCCCCCCCCC(C)CC)OC(=O)CCCCCCCCCCCCCCC)OC(=O)CCCCCCCCCCCCCCCCCCCCC(C)C. The summed E-state index contributed by atoms with van der Waals surface area (Å²) in [6.45, 7) is 9.69. The van der Waals surface area contributed by atoms with Crippen molar-refractivity contribution in [1.29, 1.82) is 0 Å². The molecule has 0 aliphatic heterocycles. The minimum Gasteiger partial charge on any atom is -0.462 e. The Morgan fingerprint density at radius 2 is 0.500 bits per heavy atom. The summed E-state index contributed by atoms with van der Waals surface area (Å²) in [5.41, 5.74) is 0. The summed E-state index contributed by atoms with van der Waals surface area (Å²) in [4.78, 5) is 73.1.